The quantitative estimate of drug-likeness (QED) is 0.256. The monoisotopic (exact) mass is 547 g/mol. The number of benzene rings is 2. The maximum atomic E-state index is 11.7. The van der Waals surface area contributed by atoms with E-state index < -0.39 is 6.17 Å². The fourth-order valence-electron chi connectivity index (χ4n) is 5.74. The number of urea groups is 1. The molecular weight excluding hydrogens is 518 g/mol. The number of rotatable bonds is 6. The SMILES string of the molecule is NC(=O)C1CCN(Cc2ccc(-c3nc4ccn5c(C6NNC(=O)N6)nnc5c4cc3-c3ccccc3)cc2)CC1. The van der Waals surface area contributed by atoms with Gasteiger partial charge in [-0.25, -0.2) is 15.2 Å². The molecule has 0 aliphatic carbocycles. The minimum atomic E-state index is -0.496. The molecule has 5 heterocycles. The van der Waals surface area contributed by atoms with Gasteiger partial charge < -0.3 is 11.1 Å². The van der Waals surface area contributed by atoms with E-state index in [-0.39, 0.29) is 17.9 Å². The summed E-state index contributed by atoms with van der Waals surface area (Å²) >= 11 is 0. The highest BCUT2D eigenvalue weighted by molar-refractivity contribution is 5.98. The number of nitrogens with one attached hydrogen (secondary N) is 3. The van der Waals surface area contributed by atoms with Crippen LogP contribution in [0.4, 0.5) is 4.79 Å². The molecule has 3 aromatic heterocycles. The summed E-state index contributed by atoms with van der Waals surface area (Å²) in [5.74, 6) is 0.375. The van der Waals surface area contributed by atoms with E-state index in [1.54, 1.807) is 0 Å². The van der Waals surface area contributed by atoms with Crippen LogP contribution in [0.5, 0.6) is 0 Å². The highest BCUT2D eigenvalue weighted by atomic mass is 16.2. The van der Waals surface area contributed by atoms with Crippen LogP contribution in [0, 0.1) is 5.92 Å². The van der Waals surface area contributed by atoms with Crippen molar-refractivity contribution in [3.63, 3.8) is 0 Å². The van der Waals surface area contributed by atoms with E-state index in [2.05, 4.69) is 73.7 Å². The first kappa shape index (κ1) is 25.1. The molecular formula is C30H29N9O2. The standard InChI is InChI=1S/C30H29N9O2/c31-26(40)21-10-13-38(14-11-21)17-18-6-8-20(9-7-18)25-22(19-4-2-1-3-5-19)16-23-24(32-25)12-15-39-28(23)35-36-29(39)27-33-30(41)37-34-27/h1-9,12,15-16,21,27,34H,10-11,13-14,17H2,(H2,31,40)(H2,33,37,41). The largest absolute Gasteiger partial charge is 0.369 e. The van der Waals surface area contributed by atoms with Gasteiger partial charge in [0.05, 0.1) is 11.2 Å². The van der Waals surface area contributed by atoms with Crippen LogP contribution < -0.4 is 21.9 Å². The average molecular weight is 548 g/mol. The van der Waals surface area contributed by atoms with Gasteiger partial charge in [0.1, 0.15) is 0 Å². The molecule has 0 bridgehead atoms. The second-order valence-corrected chi connectivity index (χ2v) is 10.6. The summed E-state index contributed by atoms with van der Waals surface area (Å²) in [5.41, 5.74) is 17.5. The number of carbonyl (C=O) groups excluding carboxylic acids is 2. The van der Waals surface area contributed by atoms with Gasteiger partial charge in [0.25, 0.3) is 0 Å². The third-order valence-electron chi connectivity index (χ3n) is 7.97. The van der Waals surface area contributed by atoms with E-state index in [1.807, 2.05) is 34.9 Å². The highest BCUT2D eigenvalue weighted by Gasteiger charge is 2.27. The van der Waals surface area contributed by atoms with Gasteiger partial charge in [-0.3, -0.25) is 19.5 Å². The fraction of sp³-hybridized carbons (Fsp3) is 0.233. The van der Waals surface area contributed by atoms with Crippen molar-refractivity contribution in [1.29, 1.82) is 0 Å². The Morgan fingerprint density at radius 3 is 2.46 bits per heavy atom. The number of hydrogen-bond donors (Lipinski definition) is 4. The average Bonchev–Trinajstić information content (AvgIpc) is 3.64. The fourth-order valence-corrected chi connectivity index (χ4v) is 5.74. The van der Waals surface area contributed by atoms with Gasteiger partial charge in [-0.1, -0.05) is 54.6 Å². The molecule has 206 valence electrons. The topological polar surface area (TPSA) is 143 Å². The summed E-state index contributed by atoms with van der Waals surface area (Å²) in [6, 6.07) is 22.5. The molecule has 2 aromatic carbocycles. The first-order chi connectivity index (χ1) is 20.0. The number of fused-ring (bicyclic) bond motifs is 3. The van der Waals surface area contributed by atoms with Crippen molar-refractivity contribution in [3.8, 4) is 22.4 Å². The van der Waals surface area contributed by atoms with Gasteiger partial charge in [-0.05, 0) is 49.2 Å². The van der Waals surface area contributed by atoms with Gasteiger partial charge >= 0.3 is 6.03 Å². The number of pyridine rings is 2. The number of primary amides is 1. The number of nitrogens with two attached hydrogens (primary N) is 1. The molecule has 0 saturated carbocycles. The summed E-state index contributed by atoms with van der Waals surface area (Å²) in [5, 5.41) is 12.5. The van der Waals surface area contributed by atoms with Crippen LogP contribution in [0.25, 0.3) is 38.9 Å². The van der Waals surface area contributed by atoms with E-state index in [0.717, 1.165) is 65.8 Å². The zero-order valence-electron chi connectivity index (χ0n) is 22.2. The number of nitrogens with zero attached hydrogens (tertiary/aromatic N) is 5. The number of hydrazine groups is 1. The molecule has 7 rings (SSSR count). The van der Waals surface area contributed by atoms with E-state index >= 15 is 0 Å². The zero-order chi connectivity index (χ0) is 27.9. The number of aromatic nitrogens is 4. The van der Waals surface area contributed by atoms with Gasteiger partial charge in [-0.15, -0.1) is 10.2 Å². The zero-order valence-corrected chi connectivity index (χ0v) is 22.2. The normalized spacial score (nSPS) is 18.0. The maximum absolute atomic E-state index is 11.7. The highest BCUT2D eigenvalue weighted by Crippen LogP contribution is 2.35. The van der Waals surface area contributed by atoms with E-state index in [0.29, 0.717) is 11.5 Å². The minimum Gasteiger partial charge on any atom is -0.369 e. The van der Waals surface area contributed by atoms with Gasteiger partial charge in [0, 0.05) is 35.2 Å². The van der Waals surface area contributed by atoms with Gasteiger partial charge in [0.15, 0.2) is 17.6 Å². The molecule has 0 spiro atoms. The molecule has 2 saturated heterocycles. The first-order valence-corrected chi connectivity index (χ1v) is 13.7. The van der Waals surface area contributed by atoms with Crippen LogP contribution in [0.2, 0.25) is 0 Å². The predicted molar refractivity (Wildman–Crippen MR) is 154 cm³/mol. The van der Waals surface area contributed by atoms with Crippen molar-refractivity contribution >= 4 is 28.5 Å². The molecule has 2 aliphatic heterocycles. The Bertz CT molecular complexity index is 1760. The Morgan fingerprint density at radius 1 is 0.976 bits per heavy atom. The number of hydrogen-bond acceptors (Lipinski definition) is 7. The van der Waals surface area contributed by atoms with Crippen LogP contribution in [-0.2, 0) is 11.3 Å². The van der Waals surface area contributed by atoms with Crippen molar-refractivity contribution < 1.29 is 9.59 Å². The minimum absolute atomic E-state index is 0.00755. The van der Waals surface area contributed by atoms with Gasteiger partial charge in [0.2, 0.25) is 5.91 Å². The molecule has 41 heavy (non-hydrogen) atoms. The molecule has 2 fully saturated rings. The summed E-state index contributed by atoms with van der Waals surface area (Å²) in [6.45, 7) is 2.58. The number of piperidine rings is 1. The molecule has 1 atom stereocenters. The van der Waals surface area contributed by atoms with E-state index in [4.69, 9.17) is 10.7 Å². The smallest absolute Gasteiger partial charge is 0.330 e. The Balaban J connectivity index is 1.24. The summed E-state index contributed by atoms with van der Waals surface area (Å²) in [4.78, 5) is 30.7. The van der Waals surface area contributed by atoms with Crippen LogP contribution in [0.15, 0.2) is 72.9 Å². The molecule has 5 aromatic rings. The number of carbonyl (C=O) groups is 2. The molecule has 11 heteroatoms. The second-order valence-electron chi connectivity index (χ2n) is 10.6. The number of amides is 3. The van der Waals surface area contributed by atoms with Crippen molar-refractivity contribution in [2.75, 3.05) is 13.1 Å². The lowest BCUT2D eigenvalue weighted by Crippen LogP contribution is -2.38. The third kappa shape index (κ3) is 4.75. The van der Waals surface area contributed by atoms with Crippen LogP contribution in [0.3, 0.4) is 0 Å². The van der Waals surface area contributed by atoms with Crippen LogP contribution >= 0.6 is 0 Å². The molecule has 1 unspecified atom stereocenters. The van der Waals surface area contributed by atoms with Crippen molar-refractivity contribution in [1.82, 2.24) is 40.7 Å². The summed E-state index contributed by atoms with van der Waals surface area (Å²) in [6.07, 6.45) is 3.02. The van der Waals surface area contributed by atoms with E-state index in [9.17, 15) is 9.59 Å². The Morgan fingerprint density at radius 2 is 1.76 bits per heavy atom. The predicted octanol–water partition coefficient (Wildman–Crippen LogP) is 3.12. The van der Waals surface area contributed by atoms with Crippen molar-refractivity contribution in [2.45, 2.75) is 25.6 Å². The van der Waals surface area contributed by atoms with Crippen molar-refractivity contribution in [3.05, 3.63) is 84.3 Å². The van der Waals surface area contributed by atoms with Crippen LogP contribution in [-0.4, -0.2) is 49.5 Å². The third-order valence-corrected chi connectivity index (χ3v) is 7.97. The Kier molecular flexibility index (Phi) is 6.29. The second kappa shape index (κ2) is 10.3. The maximum Gasteiger partial charge on any atom is 0.330 e. The lowest BCUT2D eigenvalue weighted by atomic mass is 9.95. The molecule has 11 nitrogen and oxygen atoms in total. The Hall–Kier alpha value is -4.87. The first-order valence-electron chi connectivity index (χ1n) is 13.7. The van der Waals surface area contributed by atoms with Gasteiger partial charge in [-0.2, -0.15) is 0 Å². The molecule has 5 N–H and O–H groups in total. The Labute approximate surface area is 235 Å². The van der Waals surface area contributed by atoms with E-state index in [1.165, 1.54) is 5.56 Å². The molecule has 2 aliphatic rings. The summed E-state index contributed by atoms with van der Waals surface area (Å²) < 4.78 is 1.87. The summed E-state index contributed by atoms with van der Waals surface area (Å²) in [7, 11) is 0. The lowest BCUT2D eigenvalue weighted by Gasteiger charge is -2.30. The van der Waals surface area contributed by atoms with Crippen LogP contribution in [0.1, 0.15) is 30.4 Å². The molecule has 0 radical (unpaired) electrons. The lowest BCUT2D eigenvalue weighted by molar-refractivity contribution is -0.123. The van der Waals surface area contributed by atoms with Crippen molar-refractivity contribution in [2.24, 2.45) is 11.7 Å². The number of likely N-dealkylation sites (tertiary alicyclic amines) is 1. The molecule has 3 amide bonds.